The first-order valence-corrected chi connectivity index (χ1v) is 8.33. The van der Waals surface area contributed by atoms with E-state index in [1.54, 1.807) is 12.1 Å². The molecule has 1 aromatic carbocycles. The van der Waals surface area contributed by atoms with Crippen LogP contribution < -0.4 is 11.2 Å². The van der Waals surface area contributed by atoms with E-state index in [4.69, 9.17) is 0 Å². The van der Waals surface area contributed by atoms with E-state index in [2.05, 4.69) is 13.8 Å². The van der Waals surface area contributed by atoms with Gasteiger partial charge in [0, 0.05) is 17.8 Å². The Hall–Kier alpha value is -2.94. The average molecular weight is 337 g/mol. The van der Waals surface area contributed by atoms with Crippen molar-refractivity contribution < 1.29 is 4.79 Å². The number of fused-ring (bicyclic) bond motifs is 1. The molecule has 3 rings (SSSR count). The van der Waals surface area contributed by atoms with Crippen molar-refractivity contribution in [2.24, 2.45) is 0 Å². The number of nitrogens with zero attached hydrogens (tertiary/aromatic N) is 3. The molecule has 1 aliphatic rings. The van der Waals surface area contributed by atoms with Crippen molar-refractivity contribution in [2.45, 2.75) is 45.7 Å². The van der Waals surface area contributed by atoms with Gasteiger partial charge in [0.25, 0.3) is 5.56 Å². The predicted molar refractivity (Wildman–Crippen MR) is 92.9 cm³/mol. The zero-order valence-corrected chi connectivity index (χ0v) is 14.3. The van der Waals surface area contributed by atoms with Crippen molar-refractivity contribution >= 4 is 5.78 Å². The Bertz CT molecular complexity index is 989. The number of aromatic nitrogens is 2. The fraction of sp³-hybridized carbons (Fsp3) is 0.368. The van der Waals surface area contributed by atoms with Gasteiger partial charge in [-0.1, -0.05) is 38.1 Å². The zero-order valence-electron chi connectivity index (χ0n) is 14.3. The maximum atomic E-state index is 12.5. The topological polar surface area (TPSA) is 84.9 Å². The maximum Gasteiger partial charge on any atom is 0.331 e. The molecule has 2 heterocycles. The average Bonchev–Trinajstić information content (AvgIpc) is 3.08. The van der Waals surface area contributed by atoms with Gasteiger partial charge in [0.15, 0.2) is 5.78 Å². The summed E-state index contributed by atoms with van der Waals surface area (Å²) >= 11 is 0. The van der Waals surface area contributed by atoms with E-state index in [1.165, 1.54) is 4.57 Å². The predicted octanol–water partition coefficient (Wildman–Crippen LogP) is 1.83. The highest BCUT2D eigenvalue weighted by atomic mass is 16.2. The molecule has 0 aliphatic carbocycles. The molecule has 25 heavy (non-hydrogen) atoms. The van der Waals surface area contributed by atoms with Crippen LogP contribution in [0, 0.1) is 11.3 Å². The highest BCUT2D eigenvalue weighted by Gasteiger charge is 2.23. The Labute approximate surface area is 145 Å². The molecule has 0 saturated heterocycles. The van der Waals surface area contributed by atoms with Gasteiger partial charge in [-0.15, -0.1) is 0 Å². The van der Waals surface area contributed by atoms with Crippen molar-refractivity contribution in [1.82, 2.24) is 9.13 Å². The molecule has 0 saturated carbocycles. The van der Waals surface area contributed by atoms with E-state index in [9.17, 15) is 19.6 Å². The number of ketones is 1. The Morgan fingerprint density at radius 2 is 1.92 bits per heavy atom. The molecule has 0 radical (unpaired) electrons. The third kappa shape index (κ3) is 2.93. The van der Waals surface area contributed by atoms with Gasteiger partial charge in [0.05, 0.1) is 6.54 Å². The summed E-state index contributed by atoms with van der Waals surface area (Å²) in [5, 5.41) is 9.27. The molecule has 0 atom stereocenters. The van der Waals surface area contributed by atoms with Gasteiger partial charge in [-0.05, 0) is 24.3 Å². The van der Waals surface area contributed by atoms with Gasteiger partial charge in [0.2, 0.25) is 0 Å². The quantitative estimate of drug-likeness (QED) is 0.797. The van der Waals surface area contributed by atoms with E-state index in [0.717, 1.165) is 16.6 Å². The largest absolute Gasteiger partial charge is 0.331 e. The fourth-order valence-corrected chi connectivity index (χ4v) is 3.18. The second kappa shape index (κ2) is 6.52. The third-order valence-electron chi connectivity index (χ3n) is 4.64. The van der Waals surface area contributed by atoms with E-state index in [1.807, 2.05) is 18.2 Å². The number of hydrogen-bond donors (Lipinski definition) is 0. The van der Waals surface area contributed by atoms with Crippen molar-refractivity contribution in [1.29, 1.82) is 5.26 Å². The molecular weight excluding hydrogens is 318 g/mol. The van der Waals surface area contributed by atoms with Crippen LogP contribution in [0.1, 0.15) is 53.4 Å². The molecule has 1 aromatic heterocycles. The van der Waals surface area contributed by atoms with Crippen LogP contribution in [0.5, 0.6) is 0 Å². The lowest BCUT2D eigenvalue weighted by Gasteiger charge is -2.11. The first kappa shape index (κ1) is 16.9. The minimum Gasteiger partial charge on any atom is -0.296 e. The van der Waals surface area contributed by atoms with Gasteiger partial charge in [0.1, 0.15) is 11.6 Å². The van der Waals surface area contributed by atoms with E-state index >= 15 is 0 Å². The number of carbonyl (C=O) groups excluding carboxylic acids is 1. The van der Waals surface area contributed by atoms with Crippen molar-refractivity contribution in [2.75, 3.05) is 0 Å². The Balaban J connectivity index is 1.98. The molecule has 6 nitrogen and oxygen atoms in total. The summed E-state index contributed by atoms with van der Waals surface area (Å²) in [5.41, 5.74) is 0.830. The molecule has 2 aromatic rings. The van der Waals surface area contributed by atoms with Gasteiger partial charge in [-0.2, -0.15) is 5.26 Å². The zero-order chi connectivity index (χ0) is 18.1. The number of nitriles is 1. The van der Waals surface area contributed by atoms with Crippen LogP contribution in [-0.4, -0.2) is 14.9 Å². The number of hydrogen-bond acceptors (Lipinski definition) is 4. The molecule has 0 bridgehead atoms. The lowest BCUT2D eigenvalue weighted by Crippen LogP contribution is -2.43. The molecule has 0 spiro atoms. The summed E-state index contributed by atoms with van der Waals surface area (Å²) in [5.74, 6) is 0.0308. The minimum atomic E-state index is -0.673. The maximum absolute atomic E-state index is 12.5. The van der Waals surface area contributed by atoms with Crippen LogP contribution in [0.25, 0.3) is 0 Å². The SMILES string of the molecule is CC(C)c1ccc(C(=O)Cn2c(=O)c(C#N)c3n(c2=O)CCC3)cc1. The van der Waals surface area contributed by atoms with Gasteiger partial charge >= 0.3 is 5.69 Å². The van der Waals surface area contributed by atoms with Gasteiger partial charge in [-0.3, -0.25) is 18.7 Å². The van der Waals surface area contributed by atoms with Crippen LogP contribution in [0.3, 0.4) is 0 Å². The number of carbonyl (C=O) groups is 1. The monoisotopic (exact) mass is 337 g/mol. The second-order valence-corrected chi connectivity index (χ2v) is 6.56. The number of Topliss-reactive ketones (excluding diaryl/α,β-unsaturated/α-hetero) is 1. The Morgan fingerprint density at radius 1 is 1.24 bits per heavy atom. The van der Waals surface area contributed by atoms with Crippen LogP contribution >= 0.6 is 0 Å². The number of benzene rings is 1. The molecule has 6 heteroatoms. The number of rotatable bonds is 4. The van der Waals surface area contributed by atoms with Crippen molar-refractivity contribution in [3.63, 3.8) is 0 Å². The highest BCUT2D eigenvalue weighted by Crippen LogP contribution is 2.16. The summed E-state index contributed by atoms with van der Waals surface area (Å²) in [6.45, 7) is 4.24. The Kier molecular flexibility index (Phi) is 4.41. The molecular formula is C19H19N3O3. The van der Waals surface area contributed by atoms with E-state index in [0.29, 0.717) is 30.1 Å². The first-order valence-electron chi connectivity index (χ1n) is 8.33. The normalized spacial score (nSPS) is 12.9. The summed E-state index contributed by atoms with van der Waals surface area (Å²) < 4.78 is 2.32. The van der Waals surface area contributed by atoms with E-state index < -0.39 is 11.2 Å². The van der Waals surface area contributed by atoms with Crippen LogP contribution in [0.2, 0.25) is 0 Å². The summed E-state index contributed by atoms with van der Waals surface area (Å²) in [4.78, 5) is 37.5. The minimum absolute atomic E-state index is 0.0277. The molecule has 0 N–H and O–H groups in total. The smallest absolute Gasteiger partial charge is 0.296 e. The lowest BCUT2D eigenvalue weighted by molar-refractivity contribution is 0.0968. The molecule has 1 aliphatic heterocycles. The fourth-order valence-electron chi connectivity index (χ4n) is 3.18. The van der Waals surface area contributed by atoms with E-state index in [-0.39, 0.29) is 17.9 Å². The van der Waals surface area contributed by atoms with Crippen LogP contribution in [0.15, 0.2) is 33.9 Å². The highest BCUT2D eigenvalue weighted by molar-refractivity contribution is 5.95. The summed E-state index contributed by atoms with van der Waals surface area (Å²) in [7, 11) is 0. The van der Waals surface area contributed by atoms with Crippen molar-refractivity contribution in [3.05, 3.63) is 67.5 Å². The third-order valence-corrected chi connectivity index (χ3v) is 4.64. The second-order valence-electron chi connectivity index (χ2n) is 6.56. The summed E-state index contributed by atoms with van der Waals surface area (Å²) in [6, 6.07) is 9.05. The Morgan fingerprint density at radius 3 is 2.52 bits per heavy atom. The van der Waals surface area contributed by atoms with Crippen LogP contribution in [0.4, 0.5) is 0 Å². The molecule has 0 fully saturated rings. The van der Waals surface area contributed by atoms with Crippen LogP contribution in [-0.2, 0) is 19.5 Å². The molecule has 0 unspecified atom stereocenters. The standard InChI is InChI=1S/C19H19N3O3/c1-12(2)13-5-7-14(8-6-13)17(23)11-22-18(24)15(10-20)16-4-3-9-21(16)19(22)25/h5-8,12H,3-4,9,11H2,1-2H3. The van der Waals surface area contributed by atoms with Gasteiger partial charge < -0.3 is 0 Å². The van der Waals surface area contributed by atoms with Crippen molar-refractivity contribution in [3.8, 4) is 6.07 Å². The first-order chi connectivity index (χ1) is 11.9. The summed E-state index contributed by atoms with van der Waals surface area (Å²) in [6.07, 6.45) is 1.26. The molecule has 128 valence electrons. The molecule has 0 amide bonds. The van der Waals surface area contributed by atoms with Gasteiger partial charge in [-0.25, -0.2) is 4.79 Å². The lowest BCUT2D eigenvalue weighted by atomic mass is 10.0.